The normalized spacial score (nSPS) is 21.4. The van der Waals surface area contributed by atoms with Crippen LogP contribution in [0.2, 0.25) is 0 Å². The quantitative estimate of drug-likeness (QED) is 0.358. The average Bonchev–Trinajstić information content (AvgIpc) is 3.20. The van der Waals surface area contributed by atoms with Gasteiger partial charge in [0.15, 0.2) is 5.76 Å². The van der Waals surface area contributed by atoms with Gasteiger partial charge in [0.2, 0.25) is 6.29 Å². The lowest BCUT2D eigenvalue weighted by Gasteiger charge is -2.37. The van der Waals surface area contributed by atoms with Gasteiger partial charge in [-0.3, -0.25) is 14.3 Å². The summed E-state index contributed by atoms with van der Waals surface area (Å²) in [5.41, 5.74) is 2.10. The topological polar surface area (TPSA) is 104 Å². The number of carbonyl (C=O) groups is 1. The van der Waals surface area contributed by atoms with Gasteiger partial charge in [-0.1, -0.05) is 37.5 Å². The molecule has 0 aliphatic carbocycles. The van der Waals surface area contributed by atoms with E-state index >= 15 is 0 Å². The minimum atomic E-state index is -0.711. The molecule has 1 aromatic heterocycles. The van der Waals surface area contributed by atoms with Crippen LogP contribution in [-0.4, -0.2) is 84.3 Å². The molecule has 1 N–H and O–H groups in total. The first-order valence-corrected chi connectivity index (χ1v) is 15.4. The molecule has 2 aromatic rings. The van der Waals surface area contributed by atoms with Crippen LogP contribution in [0.4, 0.5) is 0 Å². The summed E-state index contributed by atoms with van der Waals surface area (Å²) in [4.78, 5) is 29.8. The largest absolute Gasteiger partial charge is 0.459 e. The van der Waals surface area contributed by atoms with Crippen molar-refractivity contribution in [2.24, 2.45) is 13.0 Å². The van der Waals surface area contributed by atoms with E-state index in [2.05, 4.69) is 0 Å². The first-order valence-electron chi connectivity index (χ1n) is 15.4. The van der Waals surface area contributed by atoms with E-state index in [9.17, 15) is 9.59 Å². The Morgan fingerprint density at radius 1 is 1.00 bits per heavy atom. The molecule has 3 atom stereocenters. The molecule has 3 heterocycles. The van der Waals surface area contributed by atoms with E-state index in [1.807, 2.05) is 66.9 Å². The van der Waals surface area contributed by atoms with Gasteiger partial charge in [0.05, 0.1) is 32.1 Å². The van der Waals surface area contributed by atoms with Gasteiger partial charge in [0.1, 0.15) is 0 Å². The van der Waals surface area contributed by atoms with Gasteiger partial charge < -0.3 is 29.0 Å². The van der Waals surface area contributed by atoms with E-state index in [1.54, 1.807) is 4.68 Å². The van der Waals surface area contributed by atoms with E-state index in [1.165, 1.54) is 6.42 Å². The Labute approximate surface area is 248 Å². The summed E-state index contributed by atoms with van der Waals surface area (Å²) in [6, 6.07) is 9.57. The summed E-state index contributed by atoms with van der Waals surface area (Å²) >= 11 is 0. The van der Waals surface area contributed by atoms with Crippen LogP contribution in [0.25, 0.3) is 5.69 Å². The monoisotopic (exact) mass is 585 g/mol. The number of aromatic nitrogens is 2. The van der Waals surface area contributed by atoms with Crippen molar-refractivity contribution < 1.29 is 28.8 Å². The van der Waals surface area contributed by atoms with Crippen molar-refractivity contribution in [1.82, 2.24) is 14.3 Å². The Morgan fingerprint density at radius 3 is 2.33 bits per heavy atom. The molecule has 2 aliphatic rings. The van der Waals surface area contributed by atoms with Crippen LogP contribution in [0.5, 0.6) is 0 Å². The summed E-state index contributed by atoms with van der Waals surface area (Å²) in [7, 11) is 1.88. The SMILES string of the molecule is CCO[C@@H]1OC(C(=O)N2CCCCCCC2)=C[C@H](c2c(C)n(C)n(-c3ccccc3)c2=O)[C@H]1CCOCCOCCO. The maximum absolute atomic E-state index is 14.1. The van der Waals surface area contributed by atoms with E-state index in [0.29, 0.717) is 51.5 Å². The molecule has 0 radical (unpaired) electrons. The minimum Gasteiger partial charge on any atom is -0.459 e. The number of nitrogens with zero attached hydrogens (tertiary/aromatic N) is 3. The zero-order valence-electron chi connectivity index (χ0n) is 25.3. The van der Waals surface area contributed by atoms with Crippen molar-refractivity contribution in [3.8, 4) is 5.69 Å². The molecule has 1 fully saturated rings. The Bertz CT molecular complexity index is 1210. The molecule has 232 valence electrons. The zero-order valence-corrected chi connectivity index (χ0v) is 25.3. The van der Waals surface area contributed by atoms with Gasteiger partial charge in [0, 0.05) is 56.4 Å². The number of aliphatic hydroxyl groups excluding tert-OH is 1. The average molecular weight is 586 g/mol. The summed E-state index contributed by atoms with van der Waals surface area (Å²) in [5, 5.41) is 8.91. The lowest BCUT2D eigenvalue weighted by Crippen LogP contribution is -2.42. The van der Waals surface area contributed by atoms with Gasteiger partial charge in [-0.05, 0) is 51.3 Å². The molecule has 1 saturated heterocycles. The minimum absolute atomic E-state index is 0.0289. The van der Waals surface area contributed by atoms with Crippen LogP contribution in [0.15, 0.2) is 47.0 Å². The molecule has 4 rings (SSSR count). The molecule has 0 bridgehead atoms. The van der Waals surface area contributed by atoms with Gasteiger partial charge in [-0.25, -0.2) is 4.68 Å². The smallest absolute Gasteiger partial charge is 0.288 e. The highest BCUT2D eigenvalue weighted by atomic mass is 16.7. The molecular formula is C32H47N3O7. The van der Waals surface area contributed by atoms with Crippen molar-refractivity contribution in [3.05, 3.63) is 63.8 Å². The van der Waals surface area contributed by atoms with Crippen molar-refractivity contribution in [1.29, 1.82) is 0 Å². The van der Waals surface area contributed by atoms with Crippen molar-refractivity contribution in [2.75, 3.05) is 52.7 Å². The molecule has 0 unspecified atom stereocenters. The van der Waals surface area contributed by atoms with Crippen LogP contribution in [-0.2, 0) is 30.8 Å². The molecular weight excluding hydrogens is 538 g/mol. The molecule has 42 heavy (non-hydrogen) atoms. The molecule has 10 nitrogen and oxygen atoms in total. The van der Waals surface area contributed by atoms with Gasteiger partial charge in [-0.2, -0.15) is 0 Å². The second-order valence-electron chi connectivity index (χ2n) is 10.9. The number of amides is 1. The van der Waals surface area contributed by atoms with Gasteiger partial charge in [-0.15, -0.1) is 0 Å². The standard InChI is InChI=1S/C32H47N3O7/c1-4-41-32-26(15-19-39-21-22-40-20-18-36)27(23-28(42-32)30(37)34-16-11-6-5-7-12-17-34)29-24(2)33(3)35(31(29)38)25-13-9-8-10-14-25/h8-10,13-14,23,26-27,32,36H,4-7,11-12,15-22H2,1-3H3/t26-,27+,32-/m1/s1. The van der Waals surface area contributed by atoms with Crippen molar-refractivity contribution >= 4 is 5.91 Å². The Hall–Kier alpha value is -2.92. The third-order valence-electron chi connectivity index (χ3n) is 8.21. The third-order valence-corrected chi connectivity index (χ3v) is 8.21. The van der Waals surface area contributed by atoms with E-state index in [4.69, 9.17) is 24.1 Å². The zero-order chi connectivity index (χ0) is 29.9. The van der Waals surface area contributed by atoms with Gasteiger partial charge >= 0.3 is 0 Å². The number of allylic oxidation sites excluding steroid dienone is 1. The van der Waals surface area contributed by atoms with Crippen molar-refractivity contribution in [2.45, 2.75) is 64.6 Å². The molecule has 2 aliphatic heterocycles. The fourth-order valence-corrected chi connectivity index (χ4v) is 5.95. The second kappa shape index (κ2) is 16.1. The molecule has 0 spiro atoms. The van der Waals surface area contributed by atoms with Gasteiger partial charge in [0.25, 0.3) is 11.5 Å². The maximum Gasteiger partial charge on any atom is 0.288 e. The molecule has 10 heteroatoms. The highest BCUT2D eigenvalue weighted by Gasteiger charge is 2.41. The number of ether oxygens (including phenoxy) is 4. The Morgan fingerprint density at radius 2 is 1.67 bits per heavy atom. The molecule has 0 saturated carbocycles. The first kappa shape index (κ1) is 32.0. The predicted molar refractivity (Wildman–Crippen MR) is 160 cm³/mol. The number of likely N-dealkylation sites (tertiary alicyclic amines) is 1. The number of hydrogen-bond donors (Lipinski definition) is 1. The van der Waals surface area contributed by atoms with Crippen LogP contribution in [0.1, 0.15) is 62.6 Å². The van der Waals surface area contributed by atoms with Crippen LogP contribution in [0, 0.1) is 12.8 Å². The number of aliphatic hydroxyl groups is 1. The third kappa shape index (κ3) is 7.72. The number of benzene rings is 1. The van der Waals surface area contributed by atoms with E-state index in [-0.39, 0.29) is 36.4 Å². The summed E-state index contributed by atoms with van der Waals surface area (Å²) < 4.78 is 27.1. The molecule has 1 amide bonds. The summed E-state index contributed by atoms with van der Waals surface area (Å²) in [6.45, 7) is 7.06. The second-order valence-corrected chi connectivity index (χ2v) is 10.9. The Kier molecular flexibility index (Phi) is 12.2. The van der Waals surface area contributed by atoms with E-state index < -0.39 is 12.2 Å². The van der Waals surface area contributed by atoms with Crippen LogP contribution < -0.4 is 5.56 Å². The Balaban J connectivity index is 1.70. The van der Waals surface area contributed by atoms with Crippen LogP contribution in [0.3, 0.4) is 0 Å². The van der Waals surface area contributed by atoms with Crippen molar-refractivity contribution in [3.63, 3.8) is 0 Å². The molecule has 1 aromatic carbocycles. The fourth-order valence-electron chi connectivity index (χ4n) is 5.95. The lowest BCUT2D eigenvalue weighted by molar-refractivity contribution is -0.172. The summed E-state index contributed by atoms with van der Waals surface area (Å²) in [6.07, 6.45) is 7.07. The summed E-state index contributed by atoms with van der Waals surface area (Å²) in [5.74, 6) is -0.561. The fraction of sp³-hybridized carbons (Fsp3) is 0.625. The maximum atomic E-state index is 14.1. The number of carbonyl (C=O) groups excluding carboxylic acids is 1. The number of hydrogen-bond acceptors (Lipinski definition) is 7. The number of rotatable bonds is 13. The predicted octanol–water partition coefficient (Wildman–Crippen LogP) is 3.67. The number of para-hydroxylation sites is 1. The van der Waals surface area contributed by atoms with Crippen LogP contribution >= 0.6 is 0 Å². The highest BCUT2D eigenvalue weighted by molar-refractivity contribution is 5.91. The van der Waals surface area contributed by atoms with E-state index in [0.717, 1.165) is 37.1 Å². The lowest BCUT2D eigenvalue weighted by atomic mass is 9.81. The first-order chi connectivity index (χ1) is 20.5. The highest BCUT2D eigenvalue weighted by Crippen LogP contribution is 2.39.